The Morgan fingerprint density at radius 1 is 1.11 bits per heavy atom. The normalized spacial score (nSPS) is 12.4. The molecule has 0 aliphatic carbocycles. The van der Waals surface area contributed by atoms with Crippen LogP contribution in [0.1, 0.15) is 17.2 Å². The first-order valence-electron chi connectivity index (χ1n) is 5.97. The Balaban J connectivity index is 2.26. The van der Waals surface area contributed by atoms with Gasteiger partial charge in [0.25, 0.3) is 0 Å². The fourth-order valence-electron chi connectivity index (χ4n) is 2.03. The molecule has 1 atom stereocenters. The third kappa shape index (κ3) is 3.69. The van der Waals surface area contributed by atoms with E-state index in [9.17, 15) is 4.39 Å². The van der Waals surface area contributed by atoms with Crippen LogP contribution in [0.5, 0.6) is 0 Å². The van der Waals surface area contributed by atoms with Gasteiger partial charge in [0, 0.05) is 16.1 Å². The van der Waals surface area contributed by atoms with Crippen molar-refractivity contribution >= 4 is 23.2 Å². The zero-order valence-electron chi connectivity index (χ0n) is 10.5. The summed E-state index contributed by atoms with van der Waals surface area (Å²) in [6, 6.07) is 12.1. The monoisotopic (exact) mass is 297 g/mol. The highest BCUT2D eigenvalue weighted by Gasteiger charge is 2.13. The lowest BCUT2D eigenvalue weighted by Crippen LogP contribution is -2.19. The van der Waals surface area contributed by atoms with Gasteiger partial charge < -0.3 is 5.32 Å². The molecule has 2 aromatic carbocycles. The Hall–Kier alpha value is -1.09. The van der Waals surface area contributed by atoms with Crippen molar-refractivity contribution in [1.29, 1.82) is 0 Å². The number of hydrogen-bond donors (Lipinski definition) is 1. The predicted molar refractivity (Wildman–Crippen MR) is 78.4 cm³/mol. The minimum atomic E-state index is -0.244. The molecule has 0 saturated heterocycles. The standard InChI is InChI=1S/C15H14Cl2FN/c1-19-15(10-3-2-4-12(16)7-10)9-11-8-13(17)5-6-14(11)18/h2-8,15,19H,9H2,1H3. The Labute approximate surface area is 122 Å². The van der Waals surface area contributed by atoms with Crippen molar-refractivity contribution in [1.82, 2.24) is 5.32 Å². The minimum absolute atomic E-state index is 0.00772. The molecule has 0 fully saturated rings. The van der Waals surface area contributed by atoms with E-state index in [2.05, 4.69) is 5.32 Å². The van der Waals surface area contributed by atoms with E-state index in [0.717, 1.165) is 5.56 Å². The Morgan fingerprint density at radius 3 is 2.53 bits per heavy atom. The molecule has 0 amide bonds. The summed E-state index contributed by atoms with van der Waals surface area (Å²) in [6.07, 6.45) is 0.517. The van der Waals surface area contributed by atoms with Gasteiger partial charge in [0.1, 0.15) is 5.82 Å². The molecule has 4 heteroatoms. The van der Waals surface area contributed by atoms with E-state index < -0.39 is 0 Å². The largest absolute Gasteiger partial charge is 0.313 e. The zero-order chi connectivity index (χ0) is 13.8. The second-order valence-corrected chi connectivity index (χ2v) is 5.21. The molecule has 0 spiro atoms. The molecule has 0 radical (unpaired) electrons. The van der Waals surface area contributed by atoms with Crippen molar-refractivity contribution in [3.63, 3.8) is 0 Å². The van der Waals surface area contributed by atoms with Crippen molar-refractivity contribution in [2.24, 2.45) is 0 Å². The number of benzene rings is 2. The lowest BCUT2D eigenvalue weighted by Gasteiger charge is -2.17. The van der Waals surface area contributed by atoms with Gasteiger partial charge in [-0.25, -0.2) is 4.39 Å². The molecule has 19 heavy (non-hydrogen) atoms. The summed E-state index contributed by atoms with van der Waals surface area (Å²) in [7, 11) is 1.84. The molecule has 1 N–H and O–H groups in total. The van der Waals surface area contributed by atoms with Crippen LogP contribution in [-0.4, -0.2) is 7.05 Å². The topological polar surface area (TPSA) is 12.0 Å². The van der Waals surface area contributed by atoms with Gasteiger partial charge in [-0.1, -0.05) is 35.3 Å². The van der Waals surface area contributed by atoms with Crippen LogP contribution < -0.4 is 5.32 Å². The quantitative estimate of drug-likeness (QED) is 0.867. The fraction of sp³-hybridized carbons (Fsp3) is 0.200. The van der Waals surface area contributed by atoms with Crippen LogP contribution in [0.3, 0.4) is 0 Å². The molecular weight excluding hydrogens is 284 g/mol. The summed E-state index contributed by atoms with van der Waals surface area (Å²) >= 11 is 11.9. The molecule has 2 aromatic rings. The number of hydrogen-bond acceptors (Lipinski definition) is 1. The maximum atomic E-state index is 13.7. The van der Waals surface area contributed by atoms with Gasteiger partial charge in [-0.15, -0.1) is 0 Å². The first-order valence-corrected chi connectivity index (χ1v) is 6.72. The number of likely N-dealkylation sites (N-methyl/N-ethyl adjacent to an activating group) is 1. The van der Waals surface area contributed by atoms with E-state index in [1.807, 2.05) is 31.3 Å². The molecule has 0 bridgehead atoms. The summed E-state index contributed by atoms with van der Waals surface area (Å²) < 4.78 is 13.7. The Kier molecular flexibility index (Phi) is 4.81. The van der Waals surface area contributed by atoms with E-state index in [-0.39, 0.29) is 11.9 Å². The maximum Gasteiger partial charge on any atom is 0.126 e. The summed E-state index contributed by atoms with van der Waals surface area (Å²) in [5, 5.41) is 4.38. The average molecular weight is 298 g/mol. The first-order chi connectivity index (χ1) is 9.10. The second kappa shape index (κ2) is 6.38. The molecule has 0 aliphatic rings. The van der Waals surface area contributed by atoms with E-state index >= 15 is 0 Å². The molecule has 1 nitrogen and oxygen atoms in total. The van der Waals surface area contributed by atoms with Crippen LogP contribution >= 0.6 is 23.2 Å². The van der Waals surface area contributed by atoms with E-state index in [1.54, 1.807) is 12.1 Å². The Bertz CT molecular complexity index is 572. The van der Waals surface area contributed by atoms with Gasteiger partial charge in [0.05, 0.1) is 0 Å². The maximum absolute atomic E-state index is 13.7. The van der Waals surface area contributed by atoms with Crippen LogP contribution in [0.4, 0.5) is 4.39 Å². The molecular formula is C15H14Cl2FN. The highest BCUT2D eigenvalue weighted by molar-refractivity contribution is 6.30. The van der Waals surface area contributed by atoms with Crippen LogP contribution in [0.15, 0.2) is 42.5 Å². The fourth-order valence-corrected chi connectivity index (χ4v) is 2.42. The predicted octanol–water partition coefficient (Wildman–Crippen LogP) is 4.64. The van der Waals surface area contributed by atoms with Gasteiger partial charge >= 0.3 is 0 Å². The van der Waals surface area contributed by atoms with E-state index in [0.29, 0.717) is 22.0 Å². The van der Waals surface area contributed by atoms with E-state index in [1.165, 1.54) is 6.07 Å². The summed E-state index contributed by atoms with van der Waals surface area (Å²) in [6.45, 7) is 0. The summed E-state index contributed by atoms with van der Waals surface area (Å²) in [4.78, 5) is 0. The van der Waals surface area contributed by atoms with Crippen LogP contribution in [0, 0.1) is 5.82 Å². The van der Waals surface area contributed by atoms with Crippen LogP contribution in [0.2, 0.25) is 10.0 Å². The first kappa shape index (κ1) is 14.3. The van der Waals surface area contributed by atoms with Crippen LogP contribution in [0.25, 0.3) is 0 Å². The second-order valence-electron chi connectivity index (χ2n) is 4.34. The summed E-state index contributed by atoms with van der Waals surface area (Å²) in [5.41, 5.74) is 1.61. The van der Waals surface area contributed by atoms with Crippen molar-refractivity contribution in [3.8, 4) is 0 Å². The van der Waals surface area contributed by atoms with Gasteiger partial charge in [0.15, 0.2) is 0 Å². The zero-order valence-corrected chi connectivity index (χ0v) is 12.0. The van der Waals surface area contributed by atoms with Crippen molar-refractivity contribution in [2.45, 2.75) is 12.5 Å². The molecule has 0 saturated carbocycles. The number of nitrogens with one attached hydrogen (secondary N) is 1. The van der Waals surface area contributed by atoms with Crippen molar-refractivity contribution in [3.05, 3.63) is 69.5 Å². The van der Waals surface area contributed by atoms with Gasteiger partial charge in [-0.3, -0.25) is 0 Å². The molecule has 0 heterocycles. The molecule has 0 aromatic heterocycles. The SMILES string of the molecule is CNC(Cc1cc(Cl)ccc1F)c1cccc(Cl)c1. The summed E-state index contributed by atoms with van der Waals surface area (Å²) in [5.74, 6) is -0.244. The van der Waals surface area contributed by atoms with Gasteiger partial charge in [-0.2, -0.15) is 0 Å². The van der Waals surface area contributed by atoms with Gasteiger partial charge in [0.2, 0.25) is 0 Å². The minimum Gasteiger partial charge on any atom is -0.313 e. The smallest absolute Gasteiger partial charge is 0.126 e. The number of rotatable bonds is 4. The lowest BCUT2D eigenvalue weighted by atomic mass is 9.99. The lowest BCUT2D eigenvalue weighted by molar-refractivity contribution is 0.554. The highest BCUT2D eigenvalue weighted by Crippen LogP contribution is 2.24. The highest BCUT2D eigenvalue weighted by atomic mass is 35.5. The van der Waals surface area contributed by atoms with Crippen molar-refractivity contribution < 1.29 is 4.39 Å². The third-order valence-corrected chi connectivity index (χ3v) is 3.50. The van der Waals surface area contributed by atoms with Gasteiger partial charge in [-0.05, 0) is 54.9 Å². The molecule has 100 valence electrons. The van der Waals surface area contributed by atoms with E-state index in [4.69, 9.17) is 23.2 Å². The van der Waals surface area contributed by atoms with Crippen LogP contribution in [-0.2, 0) is 6.42 Å². The molecule has 1 unspecified atom stereocenters. The average Bonchev–Trinajstić information content (AvgIpc) is 2.39. The van der Waals surface area contributed by atoms with Crippen molar-refractivity contribution in [2.75, 3.05) is 7.05 Å². The molecule has 0 aliphatic heterocycles. The third-order valence-electron chi connectivity index (χ3n) is 3.03. The Morgan fingerprint density at radius 2 is 1.84 bits per heavy atom. The molecule has 2 rings (SSSR count). The number of halogens is 3.